The van der Waals surface area contributed by atoms with Crippen LogP contribution in [0.4, 0.5) is 20.4 Å². The first-order valence-corrected chi connectivity index (χ1v) is 8.96. The topological polar surface area (TPSA) is 121 Å². The minimum absolute atomic E-state index is 0.0516. The van der Waals surface area contributed by atoms with Gasteiger partial charge in [0.2, 0.25) is 5.95 Å². The van der Waals surface area contributed by atoms with E-state index >= 15 is 0 Å². The van der Waals surface area contributed by atoms with Crippen LogP contribution in [0.25, 0.3) is 0 Å². The van der Waals surface area contributed by atoms with Gasteiger partial charge in [-0.15, -0.1) is 0 Å². The van der Waals surface area contributed by atoms with Crippen molar-refractivity contribution >= 4 is 17.6 Å². The van der Waals surface area contributed by atoms with Gasteiger partial charge in [-0.05, 0) is 0 Å². The molecule has 0 bridgehead atoms. The normalized spacial score (nSPS) is 10.6. The molecule has 0 saturated carbocycles. The molecule has 31 heavy (non-hydrogen) atoms. The van der Waals surface area contributed by atoms with Crippen molar-refractivity contribution in [3.8, 4) is 17.2 Å². The molecule has 0 fully saturated rings. The van der Waals surface area contributed by atoms with Crippen LogP contribution in [0.15, 0.2) is 30.9 Å². The highest BCUT2D eigenvalue weighted by Gasteiger charge is 2.20. The van der Waals surface area contributed by atoms with E-state index in [2.05, 4.69) is 20.4 Å². The number of nitrogens with one attached hydrogen (secondary N) is 1. The zero-order valence-corrected chi connectivity index (χ0v) is 16.6. The third-order valence-electron chi connectivity index (χ3n) is 4.12. The van der Waals surface area contributed by atoms with Gasteiger partial charge in [0, 0.05) is 12.3 Å². The van der Waals surface area contributed by atoms with Gasteiger partial charge in [-0.2, -0.15) is 5.10 Å². The number of aryl methyl sites for hydroxylation is 1. The van der Waals surface area contributed by atoms with Crippen LogP contribution in [0.1, 0.15) is 12.0 Å². The lowest BCUT2D eigenvalue weighted by Gasteiger charge is -2.13. The number of methoxy groups -OCH3 is 2. The number of hydrogen-bond donors (Lipinski definition) is 2. The first-order valence-electron chi connectivity index (χ1n) is 8.96. The fourth-order valence-electron chi connectivity index (χ4n) is 2.56. The van der Waals surface area contributed by atoms with Crippen LogP contribution in [-0.4, -0.2) is 45.0 Å². The quantitative estimate of drug-likeness (QED) is 0.495. The van der Waals surface area contributed by atoms with E-state index in [0.29, 0.717) is 5.69 Å². The molecule has 2 heterocycles. The smallest absolute Gasteiger partial charge is 0.305 e. The zero-order valence-electron chi connectivity index (χ0n) is 16.6. The molecule has 3 rings (SSSR count). The maximum absolute atomic E-state index is 14.4. The molecule has 0 radical (unpaired) electrons. The molecular formula is C19H19F2N5O5. The summed E-state index contributed by atoms with van der Waals surface area (Å²) in [7, 11) is 2.52. The Labute approximate surface area is 175 Å². The van der Waals surface area contributed by atoms with E-state index in [1.807, 2.05) is 0 Å². The average molecular weight is 435 g/mol. The maximum Gasteiger partial charge on any atom is 0.305 e. The van der Waals surface area contributed by atoms with Gasteiger partial charge in [0.25, 0.3) is 0 Å². The van der Waals surface area contributed by atoms with Gasteiger partial charge in [-0.1, -0.05) is 0 Å². The van der Waals surface area contributed by atoms with Gasteiger partial charge < -0.3 is 24.6 Å². The summed E-state index contributed by atoms with van der Waals surface area (Å²) in [6.45, 7) is -0.204. The predicted octanol–water partition coefficient (Wildman–Crippen LogP) is 2.77. The molecule has 1 aromatic carbocycles. The van der Waals surface area contributed by atoms with Crippen molar-refractivity contribution in [1.29, 1.82) is 0 Å². The number of hydrogen-bond acceptors (Lipinski definition) is 8. The number of carbonyl (C=O) groups is 1. The van der Waals surface area contributed by atoms with Gasteiger partial charge in [-0.25, -0.2) is 18.7 Å². The summed E-state index contributed by atoms with van der Waals surface area (Å²) in [6, 6.07) is 1.11. The van der Waals surface area contributed by atoms with Crippen LogP contribution < -0.4 is 19.5 Å². The molecule has 0 aliphatic rings. The standard InChI is InChI=1S/C19H19F2N5O5/c1-29-14-5-15(30-2)18(21)13(17(14)20)10-31-12-7-22-19(23-8-12)25-11-6-24-26(9-11)4-3-16(27)28/h5-9H,3-4,10H2,1-2H3,(H,27,28)(H,22,23,25). The Morgan fingerprint density at radius 2 is 1.77 bits per heavy atom. The Balaban J connectivity index is 1.63. The highest BCUT2D eigenvalue weighted by atomic mass is 19.1. The average Bonchev–Trinajstić information content (AvgIpc) is 3.21. The monoisotopic (exact) mass is 435 g/mol. The molecule has 0 amide bonds. The first kappa shape index (κ1) is 21.7. The van der Waals surface area contributed by atoms with Crippen LogP contribution in [0.3, 0.4) is 0 Å². The fourth-order valence-corrected chi connectivity index (χ4v) is 2.56. The molecule has 0 atom stereocenters. The number of rotatable bonds is 10. The molecule has 0 aliphatic heterocycles. The van der Waals surface area contributed by atoms with Crippen LogP contribution in [0.5, 0.6) is 17.2 Å². The molecule has 0 aliphatic carbocycles. The van der Waals surface area contributed by atoms with Gasteiger partial charge in [0.15, 0.2) is 28.9 Å². The molecule has 2 N–H and O–H groups in total. The Kier molecular flexibility index (Phi) is 6.80. The number of benzene rings is 1. The Morgan fingerprint density at radius 3 is 2.35 bits per heavy atom. The van der Waals surface area contributed by atoms with Crippen molar-refractivity contribution in [1.82, 2.24) is 19.7 Å². The number of nitrogens with zero attached hydrogens (tertiary/aromatic N) is 4. The highest BCUT2D eigenvalue weighted by Crippen LogP contribution is 2.32. The third kappa shape index (κ3) is 5.35. The summed E-state index contributed by atoms with van der Waals surface area (Å²) in [5.74, 6) is -2.63. The second kappa shape index (κ2) is 9.69. The second-order valence-corrected chi connectivity index (χ2v) is 6.18. The Hall–Kier alpha value is -3.96. The van der Waals surface area contributed by atoms with Crippen LogP contribution in [-0.2, 0) is 17.9 Å². The Morgan fingerprint density at radius 1 is 1.13 bits per heavy atom. The highest BCUT2D eigenvalue weighted by molar-refractivity contribution is 5.66. The Bertz CT molecular complexity index is 1030. The van der Waals surface area contributed by atoms with E-state index in [1.54, 1.807) is 6.20 Å². The molecule has 3 aromatic rings. The van der Waals surface area contributed by atoms with Gasteiger partial charge in [0.05, 0.1) is 57.0 Å². The first-order chi connectivity index (χ1) is 14.9. The molecule has 12 heteroatoms. The zero-order chi connectivity index (χ0) is 22.4. The largest absolute Gasteiger partial charge is 0.494 e. The van der Waals surface area contributed by atoms with Crippen molar-refractivity contribution < 1.29 is 32.9 Å². The summed E-state index contributed by atoms with van der Waals surface area (Å²) >= 11 is 0. The molecule has 0 saturated heterocycles. The number of anilines is 2. The van der Waals surface area contributed by atoms with E-state index < -0.39 is 24.2 Å². The minimum atomic E-state index is -0.920. The SMILES string of the molecule is COc1cc(OC)c(F)c(COc2cnc(Nc3cnn(CCC(=O)O)c3)nc2)c1F. The van der Waals surface area contributed by atoms with Crippen molar-refractivity contribution in [2.24, 2.45) is 0 Å². The maximum atomic E-state index is 14.4. The van der Waals surface area contributed by atoms with Crippen molar-refractivity contribution in [3.63, 3.8) is 0 Å². The number of aromatic nitrogens is 4. The number of ether oxygens (including phenoxy) is 3. The molecule has 0 unspecified atom stereocenters. The van der Waals surface area contributed by atoms with Crippen LogP contribution in [0, 0.1) is 11.6 Å². The lowest BCUT2D eigenvalue weighted by atomic mass is 10.1. The molecule has 164 valence electrons. The van der Waals surface area contributed by atoms with Gasteiger partial charge in [0.1, 0.15) is 6.61 Å². The van der Waals surface area contributed by atoms with Gasteiger partial charge >= 0.3 is 5.97 Å². The van der Waals surface area contributed by atoms with Crippen molar-refractivity contribution in [3.05, 3.63) is 48.1 Å². The number of carboxylic acid groups (broad SMARTS) is 1. The van der Waals surface area contributed by atoms with Gasteiger partial charge in [-0.3, -0.25) is 9.48 Å². The summed E-state index contributed by atoms with van der Waals surface area (Å²) in [6.07, 6.45) is 5.72. The van der Waals surface area contributed by atoms with Crippen LogP contribution >= 0.6 is 0 Å². The summed E-state index contributed by atoms with van der Waals surface area (Å²) < 4.78 is 45.4. The lowest BCUT2D eigenvalue weighted by molar-refractivity contribution is -0.137. The number of carboxylic acids is 1. The lowest BCUT2D eigenvalue weighted by Crippen LogP contribution is -2.06. The fraction of sp³-hybridized carbons (Fsp3) is 0.263. The number of aliphatic carboxylic acids is 1. The third-order valence-corrected chi connectivity index (χ3v) is 4.12. The van der Waals surface area contributed by atoms with Crippen molar-refractivity contribution in [2.75, 3.05) is 19.5 Å². The predicted molar refractivity (Wildman–Crippen MR) is 104 cm³/mol. The summed E-state index contributed by atoms with van der Waals surface area (Å²) in [4.78, 5) is 18.7. The number of halogens is 2. The second-order valence-electron chi connectivity index (χ2n) is 6.18. The van der Waals surface area contributed by atoms with E-state index in [1.165, 1.54) is 37.5 Å². The molecule has 10 nitrogen and oxygen atoms in total. The van der Waals surface area contributed by atoms with E-state index in [9.17, 15) is 13.6 Å². The van der Waals surface area contributed by atoms with E-state index in [-0.39, 0.29) is 41.7 Å². The van der Waals surface area contributed by atoms with Crippen LogP contribution in [0.2, 0.25) is 0 Å². The van der Waals surface area contributed by atoms with E-state index in [4.69, 9.17) is 19.3 Å². The summed E-state index contributed by atoms with van der Waals surface area (Å²) in [5, 5.41) is 15.6. The molecule has 0 spiro atoms. The molecular weight excluding hydrogens is 416 g/mol. The minimum Gasteiger partial charge on any atom is -0.494 e. The van der Waals surface area contributed by atoms with Crippen molar-refractivity contribution in [2.45, 2.75) is 19.6 Å². The summed E-state index contributed by atoms with van der Waals surface area (Å²) in [5.41, 5.74) is 0.207. The van der Waals surface area contributed by atoms with E-state index in [0.717, 1.165) is 6.07 Å². The molecule has 2 aromatic heterocycles.